The van der Waals surface area contributed by atoms with E-state index in [0.717, 1.165) is 0 Å². The van der Waals surface area contributed by atoms with E-state index in [0.29, 0.717) is 0 Å². The van der Waals surface area contributed by atoms with Crippen LogP contribution in [0.25, 0.3) is 0 Å². The van der Waals surface area contributed by atoms with Crippen LogP contribution in [-0.4, -0.2) is 84.4 Å². The van der Waals surface area contributed by atoms with E-state index >= 15 is 0 Å². The molecule has 0 atom stereocenters. The first-order valence-corrected chi connectivity index (χ1v) is 8.33. The van der Waals surface area contributed by atoms with Gasteiger partial charge in [-0.25, -0.2) is 0 Å². The molecule has 0 saturated heterocycles. The third kappa shape index (κ3) is 13.5. The smallest absolute Gasteiger partial charge is 0.305 e. The highest BCUT2D eigenvalue weighted by molar-refractivity contribution is 5.67. The zero-order valence-electron chi connectivity index (χ0n) is 15.2. The predicted molar refractivity (Wildman–Crippen MR) is 90.2 cm³/mol. The maximum absolute atomic E-state index is 10.6. The molecule has 0 saturated carbocycles. The van der Waals surface area contributed by atoms with Gasteiger partial charge in [-0.15, -0.1) is 0 Å². The van der Waals surface area contributed by atoms with Crippen molar-refractivity contribution in [1.82, 2.24) is 5.32 Å². The number of hydrogen-bond donors (Lipinski definition) is 4. The van der Waals surface area contributed by atoms with Gasteiger partial charge < -0.3 is 34.8 Å². The molecule has 0 unspecified atom stereocenters. The van der Waals surface area contributed by atoms with Crippen LogP contribution in [0.15, 0.2) is 0 Å². The Labute approximate surface area is 152 Å². The number of rotatable bonds is 17. The number of nitrogens with one attached hydrogen (secondary N) is 1. The Bertz CT molecular complexity index is 384. The largest absolute Gasteiger partial charge is 0.481 e. The predicted octanol–water partition coefficient (Wildman–Crippen LogP) is 0.197. The van der Waals surface area contributed by atoms with E-state index in [1.54, 1.807) is 0 Å². The highest BCUT2D eigenvalue weighted by atomic mass is 16.5. The second-order valence-electron chi connectivity index (χ2n) is 6.17. The summed E-state index contributed by atoms with van der Waals surface area (Å²) in [5.74, 6) is -2.95. The van der Waals surface area contributed by atoms with Crippen molar-refractivity contribution in [2.24, 2.45) is 0 Å². The quantitative estimate of drug-likeness (QED) is 0.258. The Morgan fingerprint density at radius 1 is 0.769 bits per heavy atom. The van der Waals surface area contributed by atoms with Crippen LogP contribution in [0.5, 0.6) is 0 Å². The summed E-state index contributed by atoms with van der Waals surface area (Å²) in [6, 6.07) is 0.00391. The molecule has 0 rings (SSSR count). The highest BCUT2D eigenvalue weighted by Gasteiger charge is 2.32. The van der Waals surface area contributed by atoms with Crippen molar-refractivity contribution in [3.8, 4) is 0 Å². The molecule has 0 fully saturated rings. The molecular weight excluding hydrogens is 350 g/mol. The van der Waals surface area contributed by atoms with Gasteiger partial charge in [0.25, 0.3) is 0 Å². The molecule has 0 amide bonds. The lowest BCUT2D eigenvalue weighted by Crippen LogP contribution is -2.58. The lowest BCUT2D eigenvalue weighted by Gasteiger charge is -2.36. The van der Waals surface area contributed by atoms with Gasteiger partial charge in [0.15, 0.2) is 0 Å². The molecule has 10 heteroatoms. The summed E-state index contributed by atoms with van der Waals surface area (Å²) in [7, 11) is 0. The second kappa shape index (κ2) is 13.5. The summed E-state index contributed by atoms with van der Waals surface area (Å²) in [6.45, 7) is 3.99. The molecule has 0 aliphatic rings. The minimum Gasteiger partial charge on any atom is -0.481 e. The van der Waals surface area contributed by atoms with Crippen LogP contribution in [0.4, 0.5) is 0 Å². The van der Waals surface area contributed by atoms with Crippen molar-refractivity contribution in [1.29, 1.82) is 0 Å². The molecule has 26 heavy (non-hydrogen) atoms. The Morgan fingerprint density at radius 3 is 1.31 bits per heavy atom. The van der Waals surface area contributed by atoms with E-state index in [2.05, 4.69) is 5.32 Å². The van der Waals surface area contributed by atoms with Gasteiger partial charge in [-0.2, -0.15) is 0 Å². The third-order valence-electron chi connectivity index (χ3n) is 3.11. The van der Waals surface area contributed by atoms with Crippen molar-refractivity contribution >= 4 is 17.9 Å². The molecule has 0 aromatic heterocycles. The lowest BCUT2D eigenvalue weighted by molar-refractivity contribution is -0.139. The summed E-state index contributed by atoms with van der Waals surface area (Å²) in [5.41, 5.74) is -0.857. The first-order valence-electron chi connectivity index (χ1n) is 8.33. The summed E-state index contributed by atoms with van der Waals surface area (Å²) >= 11 is 0. The Balaban J connectivity index is 4.80. The molecule has 0 spiro atoms. The van der Waals surface area contributed by atoms with Crippen LogP contribution in [-0.2, 0) is 28.6 Å². The van der Waals surface area contributed by atoms with Crippen LogP contribution in [0.1, 0.15) is 33.1 Å². The Morgan fingerprint density at radius 2 is 1.08 bits per heavy atom. The zero-order chi connectivity index (χ0) is 20.0. The Hall–Kier alpha value is -1.75. The van der Waals surface area contributed by atoms with Gasteiger partial charge in [0.05, 0.1) is 64.4 Å². The van der Waals surface area contributed by atoms with Crippen molar-refractivity contribution in [2.75, 3.05) is 39.6 Å². The second-order valence-corrected chi connectivity index (χ2v) is 6.17. The minimum atomic E-state index is -0.983. The van der Waals surface area contributed by atoms with Gasteiger partial charge >= 0.3 is 17.9 Å². The average Bonchev–Trinajstić information content (AvgIpc) is 2.51. The van der Waals surface area contributed by atoms with Gasteiger partial charge in [0, 0.05) is 6.04 Å². The van der Waals surface area contributed by atoms with Crippen LogP contribution in [0.2, 0.25) is 0 Å². The fraction of sp³-hybridized carbons (Fsp3) is 0.812. The van der Waals surface area contributed by atoms with E-state index in [4.69, 9.17) is 29.5 Å². The average molecular weight is 379 g/mol. The van der Waals surface area contributed by atoms with E-state index in [9.17, 15) is 14.4 Å². The fourth-order valence-electron chi connectivity index (χ4n) is 2.14. The van der Waals surface area contributed by atoms with Gasteiger partial charge in [0.1, 0.15) is 0 Å². The fourth-order valence-corrected chi connectivity index (χ4v) is 2.14. The number of carbonyl (C=O) groups is 3. The third-order valence-corrected chi connectivity index (χ3v) is 3.11. The van der Waals surface area contributed by atoms with E-state index in [1.807, 2.05) is 13.8 Å². The maximum atomic E-state index is 10.6. The first-order chi connectivity index (χ1) is 12.2. The van der Waals surface area contributed by atoms with Gasteiger partial charge in [-0.1, -0.05) is 13.8 Å². The van der Waals surface area contributed by atoms with Crippen LogP contribution >= 0.6 is 0 Å². The van der Waals surface area contributed by atoms with Gasteiger partial charge in [0.2, 0.25) is 0 Å². The summed E-state index contributed by atoms with van der Waals surface area (Å²) in [5, 5.41) is 29.3. The number of carboxylic acids is 3. The summed E-state index contributed by atoms with van der Waals surface area (Å²) in [6.07, 6.45) is -0.466. The number of aliphatic carboxylic acids is 3. The Kier molecular flexibility index (Phi) is 12.5. The monoisotopic (exact) mass is 379 g/mol. The van der Waals surface area contributed by atoms with E-state index < -0.39 is 23.4 Å². The maximum Gasteiger partial charge on any atom is 0.305 e. The van der Waals surface area contributed by atoms with Crippen LogP contribution < -0.4 is 5.32 Å². The molecule has 0 aromatic rings. The van der Waals surface area contributed by atoms with Gasteiger partial charge in [-0.3, -0.25) is 14.4 Å². The van der Waals surface area contributed by atoms with Crippen LogP contribution in [0, 0.1) is 0 Å². The number of ether oxygens (including phenoxy) is 3. The van der Waals surface area contributed by atoms with E-state index in [1.165, 1.54) is 0 Å². The zero-order valence-corrected chi connectivity index (χ0v) is 15.2. The van der Waals surface area contributed by atoms with Crippen LogP contribution in [0.3, 0.4) is 0 Å². The summed E-state index contributed by atoms with van der Waals surface area (Å²) in [4.78, 5) is 31.8. The summed E-state index contributed by atoms with van der Waals surface area (Å²) < 4.78 is 16.3. The van der Waals surface area contributed by atoms with Crippen molar-refractivity contribution < 1.29 is 43.9 Å². The lowest BCUT2D eigenvalue weighted by atomic mass is 10.0. The van der Waals surface area contributed by atoms with Crippen molar-refractivity contribution in [2.45, 2.75) is 44.7 Å². The first kappa shape index (κ1) is 24.2. The number of carboxylic acid groups (broad SMARTS) is 3. The molecule has 0 bridgehead atoms. The standard InChI is InChI=1S/C16H29NO9/c1-12(2)17-16(9-24-6-3-13(18)19,10-25-7-4-14(20)21)11-26-8-5-15(22)23/h12,17H,3-11H2,1-2H3,(H,18,19)(H,20,21)(H,22,23). The molecule has 0 heterocycles. The van der Waals surface area contributed by atoms with Gasteiger partial charge in [-0.05, 0) is 0 Å². The molecule has 0 aliphatic heterocycles. The normalized spacial score (nSPS) is 11.7. The molecule has 0 aliphatic carbocycles. The SMILES string of the molecule is CC(C)NC(COCCC(=O)O)(COCCC(=O)O)COCCC(=O)O. The molecular formula is C16H29NO9. The molecule has 0 aromatic carbocycles. The highest BCUT2D eigenvalue weighted by Crippen LogP contribution is 2.11. The van der Waals surface area contributed by atoms with Crippen molar-refractivity contribution in [3.05, 3.63) is 0 Å². The van der Waals surface area contributed by atoms with Crippen molar-refractivity contribution in [3.63, 3.8) is 0 Å². The molecule has 4 N–H and O–H groups in total. The minimum absolute atomic E-state index is 0.00110. The van der Waals surface area contributed by atoms with E-state index in [-0.39, 0.29) is 64.9 Å². The molecule has 152 valence electrons. The number of hydrogen-bond acceptors (Lipinski definition) is 7. The topological polar surface area (TPSA) is 152 Å². The molecule has 0 radical (unpaired) electrons. The molecule has 10 nitrogen and oxygen atoms in total.